The van der Waals surface area contributed by atoms with E-state index in [0.29, 0.717) is 11.8 Å². The third-order valence-corrected chi connectivity index (χ3v) is 8.04. The lowest BCUT2D eigenvalue weighted by atomic mass is 9.40. The van der Waals surface area contributed by atoms with Gasteiger partial charge in [-0.2, -0.15) is 0 Å². The predicted octanol–water partition coefficient (Wildman–Crippen LogP) is 4.79. The van der Waals surface area contributed by atoms with Crippen molar-refractivity contribution < 1.29 is 14.3 Å². The summed E-state index contributed by atoms with van der Waals surface area (Å²) in [6.45, 7) is 6.80. The van der Waals surface area contributed by atoms with Gasteiger partial charge in [0.05, 0.1) is 17.9 Å². The van der Waals surface area contributed by atoms with E-state index in [2.05, 4.69) is 13.8 Å². The number of aliphatic carboxylic acids is 1. The second-order valence-corrected chi connectivity index (χ2v) is 8.99. The van der Waals surface area contributed by atoms with E-state index in [1.54, 1.807) is 0 Å². The zero-order chi connectivity index (χ0) is 16.5. The summed E-state index contributed by atoms with van der Waals surface area (Å²) in [5.74, 6) is 0.280. The molecule has 23 heavy (non-hydrogen) atoms. The first-order chi connectivity index (χ1) is 10.8. The molecule has 0 spiro atoms. The van der Waals surface area contributed by atoms with Crippen molar-refractivity contribution in [1.29, 1.82) is 0 Å². The number of aryl methyl sites for hydroxylation is 1. The molecule has 1 aromatic heterocycles. The first-order valence-electron chi connectivity index (χ1n) is 9.11. The van der Waals surface area contributed by atoms with Crippen LogP contribution in [0.3, 0.4) is 0 Å². The molecule has 0 aliphatic heterocycles. The smallest absolute Gasteiger partial charge is 0.309 e. The molecule has 1 heterocycles. The zero-order valence-electron chi connectivity index (χ0n) is 14.5. The molecule has 4 rings (SSSR count). The van der Waals surface area contributed by atoms with Gasteiger partial charge < -0.3 is 9.52 Å². The third kappa shape index (κ3) is 1.79. The van der Waals surface area contributed by atoms with Crippen LogP contribution in [0.1, 0.15) is 70.4 Å². The van der Waals surface area contributed by atoms with Gasteiger partial charge in [-0.3, -0.25) is 4.79 Å². The van der Waals surface area contributed by atoms with Crippen LogP contribution in [-0.2, 0) is 16.6 Å². The first-order valence-corrected chi connectivity index (χ1v) is 9.11. The molecule has 1 aromatic rings. The number of rotatable bonds is 1. The molecule has 0 aromatic carbocycles. The lowest BCUT2D eigenvalue weighted by molar-refractivity contribution is -0.172. The minimum atomic E-state index is -0.586. The quantitative estimate of drug-likeness (QED) is 0.810. The largest absolute Gasteiger partial charge is 0.481 e. The van der Waals surface area contributed by atoms with Crippen molar-refractivity contribution >= 4 is 5.97 Å². The number of hydrogen-bond donors (Lipinski definition) is 1. The molecule has 0 bridgehead atoms. The number of carboxylic acid groups (broad SMARTS) is 1. The minimum Gasteiger partial charge on any atom is -0.481 e. The summed E-state index contributed by atoms with van der Waals surface area (Å²) in [7, 11) is 0. The molecule has 3 nitrogen and oxygen atoms in total. The Morgan fingerprint density at radius 3 is 2.65 bits per heavy atom. The molecule has 3 aliphatic rings. The second-order valence-electron chi connectivity index (χ2n) is 8.99. The molecular weight excluding hydrogens is 288 g/mol. The normalized spacial score (nSPS) is 45.7. The highest BCUT2D eigenvalue weighted by atomic mass is 16.4. The molecule has 0 radical (unpaired) electrons. The fourth-order valence-electron chi connectivity index (χ4n) is 6.87. The first kappa shape index (κ1) is 15.3. The van der Waals surface area contributed by atoms with E-state index in [0.717, 1.165) is 32.1 Å². The van der Waals surface area contributed by atoms with Crippen molar-refractivity contribution in [2.45, 2.75) is 71.1 Å². The zero-order valence-corrected chi connectivity index (χ0v) is 14.5. The highest BCUT2D eigenvalue weighted by molar-refractivity contribution is 5.75. The molecule has 2 fully saturated rings. The number of hydrogen-bond acceptors (Lipinski definition) is 2. The number of furan rings is 1. The van der Waals surface area contributed by atoms with Crippen molar-refractivity contribution in [2.24, 2.45) is 22.7 Å². The summed E-state index contributed by atoms with van der Waals surface area (Å²) >= 11 is 0. The molecule has 0 amide bonds. The van der Waals surface area contributed by atoms with Gasteiger partial charge in [0, 0.05) is 0 Å². The van der Waals surface area contributed by atoms with Crippen LogP contribution in [0.25, 0.3) is 0 Å². The van der Waals surface area contributed by atoms with Crippen LogP contribution in [-0.4, -0.2) is 11.1 Å². The average molecular weight is 316 g/mol. The maximum absolute atomic E-state index is 12.1. The summed E-state index contributed by atoms with van der Waals surface area (Å²) in [6.07, 6.45) is 11.3. The highest BCUT2D eigenvalue weighted by Crippen LogP contribution is 2.66. The SMILES string of the molecule is C[C@]12CCC[C@](C)(C(=O)O)C1CC[C@@]1(C)c3cocc3CCC21. The highest BCUT2D eigenvalue weighted by Gasteiger charge is 2.62. The fourth-order valence-corrected chi connectivity index (χ4v) is 6.87. The van der Waals surface area contributed by atoms with Gasteiger partial charge >= 0.3 is 5.97 Å². The molecular formula is C20H28O3. The monoisotopic (exact) mass is 316 g/mol. The Labute approximate surface area is 138 Å². The van der Waals surface area contributed by atoms with Crippen molar-refractivity contribution in [3.63, 3.8) is 0 Å². The lowest BCUT2D eigenvalue weighted by Gasteiger charge is -2.63. The van der Waals surface area contributed by atoms with Crippen molar-refractivity contribution in [3.8, 4) is 0 Å². The second kappa shape index (κ2) is 4.64. The third-order valence-electron chi connectivity index (χ3n) is 8.04. The van der Waals surface area contributed by atoms with Crippen molar-refractivity contribution in [3.05, 3.63) is 23.7 Å². The number of fused-ring (bicyclic) bond motifs is 5. The van der Waals surface area contributed by atoms with Gasteiger partial charge in [0.15, 0.2) is 0 Å². The Morgan fingerprint density at radius 1 is 1.13 bits per heavy atom. The summed E-state index contributed by atoms with van der Waals surface area (Å²) < 4.78 is 5.54. The fraction of sp³-hybridized carbons (Fsp3) is 0.750. The van der Waals surface area contributed by atoms with Crippen molar-refractivity contribution in [2.75, 3.05) is 0 Å². The molecule has 126 valence electrons. The van der Waals surface area contributed by atoms with Crippen LogP contribution >= 0.6 is 0 Å². The van der Waals surface area contributed by atoms with E-state index in [9.17, 15) is 9.90 Å². The van der Waals surface area contributed by atoms with Crippen LogP contribution in [0.4, 0.5) is 0 Å². The van der Waals surface area contributed by atoms with E-state index < -0.39 is 11.4 Å². The van der Waals surface area contributed by atoms with Gasteiger partial charge in [-0.05, 0) is 79.2 Å². The summed E-state index contributed by atoms with van der Waals surface area (Å²) in [4.78, 5) is 12.1. The van der Waals surface area contributed by atoms with Gasteiger partial charge in [0.2, 0.25) is 0 Å². The molecule has 3 aliphatic carbocycles. The summed E-state index contributed by atoms with van der Waals surface area (Å²) in [6, 6.07) is 0. The standard InChI is InChI=1S/C20H28O3/c1-18-10-7-16-19(2,8-4-9-20(16,3)17(21)22)15(18)6-5-13-11-23-12-14(13)18/h11-12,15-16H,4-10H2,1-3H3,(H,21,22)/t15?,16?,18-,19+,20-/m0/s1. The maximum atomic E-state index is 12.1. The molecule has 0 saturated heterocycles. The Bertz CT molecular complexity index is 647. The molecule has 1 N–H and O–H groups in total. The van der Waals surface area contributed by atoms with Crippen LogP contribution in [0.5, 0.6) is 0 Å². The van der Waals surface area contributed by atoms with Gasteiger partial charge in [0.1, 0.15) is 0 Å². The molecule has 5 atom stereocenters. The Kier molecular flexibility index (Phi) is 3.09. The predicted molar refractivity (Wildman–Crippen MR) is 88.3 cm³/mol. The average Bonchev–Trinajstić information content (AvgIpc) is 2.96. The molecule has 3 heteroatoms. The minimum absolute atomic E-state index is 0.132. The summed E-state index contributed by atoms with van der Waals surface area (Å²) in [5.41, 5.74) is 2.51. The van der Waals surface area contributed by atoms with Crippen LogP contribution < -0.4 is 0 Å². The van der Waals surface area contributed by atoms with Crippen LogP contribution in [0, 0.1) is 22.7 Å². The van der Waals surface area contributed by atoms with E-state index in [1.165, 1.54) is 24.0 Å². The van der Waals surface area contributed by atoms with Gasteiger partial charge in [-0.1, -0.05) is 20.3 Å². The van der Waals surface area contributed by atoms with Gasteiger partial charge in [-0.15, -0.1) is 0 Å². The Balaban J connectivity index is 1.80. The van der Waals surface area contributed by atoms with Gasteiger partial charge in [0.25, 0.3) is 0 Å². The Hall–Kier alpha value is -1.25. The van der Waals surface area contributed by atoms with Gasteiger partial charge in [-0.25, -0.2) is 0 Å². The Morgan fingerprint density at radius 2 is 1.91 bits per heavy atom. The van der Waals surface area contributed by atoms with E-state index in [4.69, 9.17) is 4.42 Å². The van der Waals surface area contributed by atoms with Crippen molar-refractivity contribution in [1.82, 2.24) is 0 Å². The number of carboxylic acids is 1. The van der Waals surface area contributed by atoms with E-state index >= 15 is 0 Å². The van der Waals surface area contributed by atoms with Crippen LogP contribution in [0.2, 0.25) is 0 Å². The lowest BCUT2D eigenvalue weighted by Crippen LogP contribution is -2.59. The topological polar surface area (TPSA) is 50.4 Å². The van der Waals surface area contributed by atoms with Crippen LogP contribution in [0.15, 0.2) is 16.9 Å². The molecule has 2 unspecified atom stereocenters. The van der Waals surface area contributed by atoms with E-state index in [-0.39, 0.29) is 10.8 Å². The maximum Gasteiger partial charge on any atom is 0.309 e. The molecule has 2 saturated carbocycles. The summed E-state index contributed by atoms with van der Waals surface area (Å²) in [5, 5.41) is 9.92. The number of carbonyl (C=O) groups is 1. The van der Waals surface area contributed by atoms with E-state index in [1.807, 2.05) is 19.5 Å².